The van der Waals surface area contributed by atoms with Crippen LogP contribution in [0.2, 0.25) is 0 Å². The lowest BCUT2D eigenvalue weighted by Gasteiger charge is -2.14. The van der Waals surface area contributed by atoms with E-state index in [9.17, 15) is 9.90 Å². The third kappa shape index (κ3) is 3.66. The summed E-state index contributed by atoms with van der Waals surface area (Å²) in [5.41, 5.74) is 0.544. The molecular formula is C18H17BrN2O3. The van der Waals surface area contributed by atoms with E-state index in [2.05, 4.69) is 21.0 Å². The molecule has 0 spiro atoms. The maximum atomic E-state index is 12.5. The van der Waals surface area contributed by atoms with Crippen molar-refractivity contribution in [3.05, 3.63) is 69.1 Å². The summed E-state index contributed by atoms with van der Waals surface area (Å²) >= 11 is 3.37. The van der Waals surface area contributed by atoms with Gasteiger partial charge in [-0.25, -0.2) is 4.68 Å². The maximum absolute atomic E-state index is 12.5. The van der Waals surface area contributed by atoms with Crippen molar-refractivity contribution in [2.45, 2.75) is 19.6 Å². The van der Waals surface area contributed by atoms with E-state index in [1.807, 2.05) is 49.4 Å². The Hall–Kier alpha value is -2.18. The van der Waals surface area contributed by atoms with Crippen molar-refractivity contribution in [3.8, 4) is 5.75 Å². The van der Waals surface area contributed by atoms with Crippen LogP contribution in [0.15, 0.2) is 57.8 Å². The van der Waals surface area contributed by atoms with E-state index in [0.29, 0.717) is 11.1 Å². The first kappa shape index (κ1) is 16.7. The number of rotatable bonds is 5. The van der Waals surface area contributed by atoms with Crippen molar-refractivity contribution < 1.29 is 9.84 Å². The molecule has 0 aliphatic rings. The summed E-state index contributed by atoms with van der Waals surface area (Å²) in [6.07, 6.45) is -0.838. The quantitative estimate of drug-likeness (QED) is 0.729. The van der Waals surface area contributed by atoms with Crippen LogP contribution in [0.5, 0.6) is 5.75 Å². The average molecular weight is 389 g/mol. The van der Waals surface area contributed by atoms with Crippen LogP contribution in [0, 0.1) is 6.92 Å². The van der Waals surface area contributed by atoms with Crippen molar-refractivity contribution >= 4 is 26.7 Å². The average Bonchev–Trinajstić information content (AvgIpc) is 2.58. The molecule has 0 unspecified atom stereocenters. The van der Waals surface area contributed by atoms with E-state index in [4.69, 9.17) is 4.74 Å². The Bertz CT molecular complexity index is 924. The zero-order valence-electron chi connectivity index (χ0n) is 13.1. The number of aliphatic hydroxyl groups excluding tert-OH is 1. The third-order valence-electron chi connectivity index (χ3n) is 3.67. The molecule has 0 fully saturated rings. The van der Waals surface area contributed by atoms with E-state index in [-0.39, 0.29) is 18.7 Å². The minimum absolute atomic E-state index is 0.0798. The van der Waals surface area contributed by atoms with Gasteiger partial charge < -0.3 is 9.84 Å². The predicted octanol–water partition coefficient (Wildman–Crippen LogP) is 2.91. The van der Waals surface area contributed by atoms with Gasteiger partial charge in [-0.2, -0.15) is 5.10 Å². The van der Waals surface area contributed by atoms with Gasteiger partial charge in [0.15, 0.2) is 0 Å². The zero-order valence-corrected chi connectivity index (χ0v) is 14.7. The fourth-order valence-electron chi connectivity index (χ4n) is 2.53. The Morgan fingerprint density at radius 2 is 1.96 bits per heavy atom. The first-order valence-electron chi connectivity index (χ1n) is 7.57. The van der Waals surface area contributed by atoms with E-state index >= 15 is 0 Å². The molecule has 0 radical (unpaired) electrons. The summed E-state index contributed by atoms with van der Waals surface area (Å²) in [7, 11) is 0. The minimum Gasteiger partial charge on any atom is -0.491 e. The highest BCUT2D eigenvalue weighted by atomic mass is 79.9. The molecule has 0 aliphatic heterocycles. The molecule has 0 bridgehead atoms. The van der Waals surface area contributed by atoms with Crippen molar-refractivity contribution in [1.82, 2.24) is 9.78 Å². The molecule has 3 rings (SSSR count). The van der Waals surface area contributed by atoms with Crippen LogP contribution in [0.4, 0.5) is 0 Å². The Balaban J connectivity index is 1.75. The number of benzene rings is 2. The fraction of sp³-hybridized carbons (Fsp3) is 0.222. The van der Waals surface area contributed by atoms with Gasteiger partial charge in [0.1, 0.15) is 18.5 Å². The molecule has 24 heavy (non-hydrogen) atoms. The monoisotopic (exact) mass is 388 g/mol. The number of nitrogens with zero attached hydrogens (tertiary/aromatic N) is 2. The lowest BCUT2D eigenvalue weighted by atomic mass is 10.1. The SMILES string of the molecule is Cc1nn(C[C@@H](O)COc2cccc(Br)c2)c(=O)c2ccccc12. The van der Waals surface area contributed by atoms with E-state index in [1.54, 1.807) is 6.07 Å². The van der Waals surface area contributed by atoms with Crippen LogP contribution >= 0.6 is 15.9 Å². The highest BCUT2D eigenvalue weighted by Crippen LogP contribution is 2.18. The summed E-state index contributed by atoms with van der Waals surface area (Å²) in [5, 5.41) is 15.9. The Kier molecular flexibility index (Phi) is 4.97. The number of fused-ring (bicyclic) bond motifs is 1. The minimum atomic E-state index is -0.838. The second-order valence-electron chi connectivity index (χ2n) is 5.54. The topological polar surface area (TPSA) is 64.3 Å². The molecule has 0 saturated heterocycles. The van der Waals surface area contributed by atoms with Crippen LogP contribution in [0.25, 0.3) is 10.8 Å². The first-order chi connectivity index (χ1) is 11.5. The van der Waals surface area contributed by atoms with Crippen LogP contribution in [-0.2, 0) is 6.54 Å². The molecular weight excluding hydrogens is 372 g/mol. The van der Waals surface area contributed by atoms with Crippen molar-refractivity contribution in [2.75, 3.05) is 6.61 Å². The molecule has 2 aromatic carbocycles. The summed E-state index contributed by atoms with van der Waals surface area (Å²) in [4.78, 5) is 12.5. The first-order valence-corrected chi connectivity index (χ1v) is 8.37. The van der Waals surface area contributed by atoms with Gasteiger partial charge in [-0.1, -0.05) is 40.2 Å². The number of halogens is 1. The van der Waals surface area contributed by atoms with Gasteiger partial charge >= 0.3 is 0 Å². The van der Waals surface area contributed by atoms with Gasteiger partial charge in [0.05, 0.1) is 17.6 Å². The van der Waals surface area contributed by atoms with Gasteiger partial charge in [-0.15, -0.1) is 0 Å². The van der Waals surface area contributed by atoms with Crippen LogP contribution in [-0.4, -0.2) is 27.6 Å². The van der Waals surface area contributed by atoms with Gasteiger partial charge in [-0.3, -0.25) is 4.79 Å². The Labute approximate surface area is 147 Å². The molecule has 0 aliphatic carbocycles. The normalized spacial score (nSPS) is 12.3. The van der Waals surface area contributed by atoms with Gasteiger partial charge in [-0.05, 0) is 31.2 Å². The third-order valence-corrected chi connectivity index (χ3v) is 4.17. The van der Waals surface area contributed by atoms with Gasteiger partial charge in [0.2, 0.25) is 0 Å². The lowest BCUT2D eigenvalue weighted by molar-refractivity contribution is 0.0880. The van der Waals surface area contributed by atoms with Crippen LogP contribution in [0.1, 0.15) is 5.69 Å². The number of ether oxygens (including phenoxy) is 1. The van der Waals surface area contributed by atoms with Crippen molar-refractivity contribution in [2.24, 2.45) is 0 Å². The Morgan fingerprint density at radius 3 is 2.71 bits per heavy atom. The second-order valence-corrected chi connectivity index (χ2v) is 6.46. The summed E-state index contributed by atoms with van der Waals surface area (Å²) in [6, 6.07) is 14.7. The van der Waals surface area contributed by atoms with Crippen LogP contribution < -0.4 is 10.3 Å². The number of hydrogen-bond acceptors (Lipinski definition) is 4. The molecule has 3 aromatic rings. The zero-order chi connectivity index (χ0) is 17.1. The molecule has 5 nitrogen and oxygen atoms in total. The number of aromatic nitrogens is 2. The maximum Gasteiger partial charge on any atom is 0.274 e. The highest BCUT2D eigenvalue weighted by molar-refractivity contribution is 9.10. The smallest absolute Gasteiger partial charge is 0.274 e. The van der Waals surface area contributed by atoms with E-state index in [0.717, 1.165) is 15.6 Å². The number of aliphatic hydroxyl groups is 1. The molecule has 1 atom stereocenters. The lowest BCUT2D eigenvalue weighted by Crippen LogP contribution is -2.32. The highest BCUT2D eigenvalue weighted by Gasteiger charge is 2.12. The fourth-order valence-corrected chi connectivity index (χ4v) is 2.91. The van der Waals surface area contributed by atoms with Crippen LogP contribution in [0.3, 0.4) is 0 Å². The van der Waals surface area contributed by atoms with E-state index < -0.39 is 6.10 Å². The molecule has 6 heteroatoms. The van der Waals surface area contributed by atoms with Crippen molar-refractivity contribution in [3.63, 3.8) is 0 Å². The molecule has 1 aromatic heterocycles. The largest absolute Gasteiger partial charge is 0.491 e. The molecule has 1 N–H and O–H groups in total. The van der Waals surface area contributed by atoms with E-state index in [1.165, 1.54) is 4.68 Å². The second kappa shape index (κ2) is 7.15. The molecule has 0 saturated carbocycles. The summed E-state index contributed by atoms with van der Waals surface area (Å²) < 4.78 is 7.75. The molecule has 0 amide bonds. The summed E-state index contributed by atoms with van der Waals surface area (Å²) in [5.74, 6) is 0.651. The van der Waals surface area contributed by atoms with Gasteiger partial charge in [0, 0.05) is 9.86 Å². The Morgan fingerprint density at radius 1 is 1.21 bits per heavy atom. The molecule has 1 heterocycles. The van der Waals surface area contributed by atoms with Crippen molar-refractivity contribution in [1.29, 1.82) is 0 Å². The summed E-state index contributed by atoms with van der Waals surface area (Å²) in [6.45, 7) is 2.01. The van der Waals surface area contributed by atoms with Gasteiger partial charge in [0.25, 0.3) is 5.56 Å². The number of hydrogen-bond donors (Lipinski definition) is 1. The standard InChI is InChI=1S/C18H17BrN2O3/c1-12-16-7-2-3-8-17(16)18(23)21(20-12)10-14(22)11-24-15-6-4-5-13(19)9-15/h2-9,14,22H,10-11H2,1H3/t14-/m1/s1. The number of aryl methyl sites for hydroxylation is 1. The predicted molar refractivity (Wildman–Crippen MR) is 96.4 cm³/mol. The molecule has 124 valence electrons.